The van der Waals surface area contributed by atoms with E-state index in [4.69, 9.17) is 18.9 Å². The van der Waals surface area contributed by atoms with Crippen LogP contribution in [0.1, 0.15) is 34.6 Å². The van der Waals surface area contributed by atoms with Gasteiger partial charge < -0.3 is 18.9 Å². The normalized spacial score (nSPS) is 14.2. The van der Waals surface area contributed by atoms with Gasteiger partial charge in [0.05, 0.1) is 26.4 Å². The van der Waals surface area contributed by atoms with E-state index in [0.717, 1.165) is 52.9 Å². The molecule has 0 fully saturated rings. The van der Waals surface area contributed by atoms with Crippen LogP contribution in [-0.2, 0) is 18.9 Å². The van der Waals surface area contributed by atoms with Crippen molar-refractivity contribution in [2.45, 2.75) is 40.3 Å². The van der Waals surface area contributed by atoms with Crippen LogP contribution in [0.3, 0.4) is 0 Å². The maximum absolute atomic E-state index is 5.69. The molecule has 0 amide bonds. The molecule has 2 atom stereocenters. The first-order valence-corrected chi connectivity index (χ1v) is 13.6. The molecule has 2 unspecified atom stereocenters. The highest BCUT2D eigenvalue weighted by Crippen LogP contribution is 2.46. The van der Waals surface area contributed by atoms with Gasteiger partial charge in [0.1, 0.15) is 0 Å². The Bertz CT molecular complexity index is 260. The molecule has 0 aliphatic carbocycles. The van der Waals surface area contributed by atoms with Gasteiger partial charge in [-0.05, 0) is 64.2 Å². The molecule has 0 aliphatic rings. The summed E-state index contributed by atoms with van der Waals surface area (Å²) in [6, 6.07) is 0. The standard InChI is InChI=1S/C19H42O4P2/c1-6-20-10-13-24(14-11-21-7-2)16-17-25(15-12-22-8-3)19(5)18-23-9-4/h19H,6-18H2,1-5H3. The van der Waals surface area contributed by atoms with Gasteiger partial charge in [0, 0.05) is 26.4 Å². The lowest BCUT2D eigenvalue weighted by atomic mass is 10.5. The van der Waals surface area contributed by atoms with Crippen LogP contribution in [0, 0.1) is 0 Å². The minimum Gasteiger partial charge on any atom is -0.381 e. The monoisotopic (exact) mass is 396 g/mol. The Balaban J connectivity index is 4.43. The van der Waals surface area contributed by atoms with E-state index in [1.807, 2.05) is 0 Å². The van der Waals surface area contributed by atoms with E-state index in [2.05, 4.69) is 34.6 Å². The topological polar surface area (TPSA) is 36.9 Å². The third-order valence-electron chi connectivity index (χ3n) is 4.13. The predicted molar refractivity (Wildman–Crippen MR) is 114 cm³/mol. The van der Waals surface area contributed by atoms with Gasteiger partial charge >= 0.3 is 0 Å². The summed E-state index contributed by atoms with van der Waals surface area (Å²) in [7, 11) is -0.0183. The van der Waals surface area contributed by atoms with Crippen molar-refractivity contribution < 1.29 is 18.9 Å². The molecule has 0 saturated carbocycles. The van der Waals surface area contributed by atoms with Gasteiger partial charge in [0.2, 0.25) is 0 Å². The van der Waals surface area contributed by atoms with Crippen LogP contribution in [0.2, 0.25) is 0 Å². The summed E-state index contributed by atoms with van der Waals surface area (Å²) in [5.41, 5.74) is 0.658. The molecule has 0 rings (SSSR count). The van der Waals surface area contributed by atoms with Crippen molar-refractivity contribution in [1.82, 2.24) is 0 Å². The lowest BCUT2D eigenvalue weighted by molar-refractivity contribution is 0.149. The van der Waals surface area contributed by atoms with Crippen LogP contribution in [-0.4, -0.2) is 89.3 Å². The number of rotatable bonds is 19. The van der Waals surface area contributed by atoms with E-state index in [-0.39, 0.29) is 15.8 Å². The molecule has 0 N–H and O–H groups in total. The molecule has 0 aromatic heterocycles. The Morgan fingerprint density at radius 1 is 0.600 bits per heavy atom. The van der Waals surface area contributed by atoms with Gasteiger partial charge in [-0.15, -0.1) is 7.92 Å². The summed E-state index contributed by atoms with van der Waals surface area (Å²) in [5, 5.41) is 0. The lowest BCUT2D eigenvalue weighted by Gasteiger charge is -2.27. The quantitative estimate of drug-likeness (QED) is 0.238. The summed E-state index contributed by atoms with van der Waals surface area (Å²) in [6.07, 6.45) is 6.30. The second kappa shape index (κ2) is 19.5. The zero-order chi connectivity index (χ0) is 18.8. The van der Waals surface area contributed by atoms with E-state index in [0.29, 0.717) is 5.66 Å². The number of ether oxygens (including phenoxy) is 4. The van der Waals surface area contributed by atoms with Crippen LogP contribution >= 0.6 is 15.8 Å². The van der Waals surface area contributed by atoms with Crippen molar-refractivity contribution in [2.75, 3.05) is 83.7 Å². The third-order valence-corrected chi connectivity index (χ3v) is 9.92. The summed E-state index contributed by atoms with van der Waals surface area (Å²) in [4.78, 5) is 0. The molecule has 0 heterocycles. The van der Waals surface area contributed by atoms with Gasteiger partial charge in [0.15, 0.2) is 0 Å². The highest BCUT2D eigenvalue weighted by atomic mass is 31.1. The molecule has 0 spiro atoms. The van der Waals surface area contributed by atoms with Crippen molar-refractivity contribution in [1.29, 1.82) is 0 Å². The molecule has 0 radical (unpaired) electrons. The van der Waals surface area contributed by atoms with Crippen molar-refractivity contribution in [2.24, 2.45) is 0 Å². The first-order chi connectivity index (χ1) is 12.2. The Kier molecular flexibility index (Phi) is 20.0. The van der Waals surface area contributed by atoms with Gasteiger partial charge in [-0.25, -0.2) is 0 Å². The zero-order valence-corrected chi connectivity index (χ0v) is 19.1. The highest BCUT2D eigenvalue weighted by Gasteiger charge is 2.19. The fourth-order valence-corrected chi connectivity index (χ4v) is 7.94. The van der Waals surface area contributed by atoms with Crippen LogP contribution < -0.4 is 0 Å². The summed E-state index contributed by atoms with van der Waals surface area (Å²) >= 11 is 0. The van der Waals surface area contributed by atoms with Crippen LogP contribution in [0.5, 0.6) is 0 Å². The maximum Gasteiger partial charge on any atom is 0.0530 e. The summed E-state index contributed by atoms with van der Waals surface area (Å²) in [5.74, 6) is 0. The molecular weight excluding hydrogens is 354 g/mol. The molecule has 6 heteroatoms. The molecule has 25 heavy (non-hydrogen) atoms. The fourth-order valence-electron chi connectivity index (χ4n) is 2.55. The molecule has 4 nitrogen and oxygen atoms in total. The second-order valence-corrected chi connectivity index (χ2v) is 11.6. The average Bonchev–Trinajstić information content (AvgIpc) is 2.62. The van der Waals surface area contributed by atoms with Crippen LogP contribution in [0.15, 0.2) is 0 Å². The van der Waals surface area contributed by atoms with Crippen LogP contribution in [0.4, 0.5) is 0 Å². The molecule has 0 bridgehead atoms. The Morgan fingerprint density at radius 2 is 1.08 bits per heavy atom. The Morgan fingerprint density at radius 3 is 1.56 bits per heavy atom. The Hall–Kier alpha value is 0.700. The first kappa shape index (κ1) is 25.7. The number of hydrogen-bond donors (Lipinski definition) is 0. The van der Waals surface area contributed by atoms with Crippen molar-refractivity contribution >= 4 is 15.8 Å². The second-order valence-electron chi connectivity index (χ2n) is 5.98. The van der Waals surface area contributed by atoms with E-state index in [1.165, 1.54) is 30.8 Å². The minimum atomic E-state index is -0.0302. The molecule has 152 valence electrons. The van der Waals surface area contributed by atoms with Crippen molar-refractivity contribution in [3.05, 3.63) is 0 Å². The van der Waals surface area contributed by atoms with Gasteiger partial charge in [-0.2, -0.15) is 0 Å². The SMILES string of the molecule is CCOCCP(CCOCC)CCP(CCOCC)C(C)COCC. The number of hydrogen-bond acceptors (Lipinski definition) is 4. The van der Waals surface area contributed by atoms with E-state index >= 15 is 0 Å². The highest BCUT2D eigenvalue weighted by molar-refractivity contribution is 7.62. The molecule has 0 aromatic carbocycles. The van der Waals surface area contributed by atoms with E-state index in [1.54, 1.807) is 0 Å². The largest absolute Gasteiger partial charge is 0.381 e. The van der Waals surface area contributed by atoms with E-state index < -0.39 is 0 Å². The zero-order valence-electron chi connectivity index (χ0n) is 17.3. The average molecular weight is 396 g/mol. The smallest absolute Gasteiger partial charge is 0.0530 e. The van der Waals surface area contributed by atoms with Gasteiger partial charge in [-0.1, -0.05) is 14.8 Å². The Labute approximate surface area is 159 Å². The predicted octanol–water partition coefficient (Wildman–Crippen LogP) is 4.48. The fraction of sp³-hybridized carbons (Fsp3) is 1.00. The van der Waals surface area contributed by atoms with Gasteiger partial charge in [-0.3, -0.25) is 0 Å². The molecule has 0 saturated heterocycles. The summed E-state index contributed by atoms with van der Waals surface area (Å²) < 4.78 is 22.5. The van der Waals surface area contributed by atoms with Crippen molar-refractivity contribution in [3.63, 3.8) is 0 Å². The first-order valence-electron chi connectivity index (χ1n) is 9.96. The maximum atomic E-state index is 5.69. The molecule has 0 aliphatic heterocycles. The van der Waals surface area contributed by atoms with E-state index in [9.17, 15) is 0 Å². The van der Waals surface area contributed by atoms with Gasteiger partial charge in [0.25, 0.3) is 0 Å². The van der Waals surface area contributed by atoms with Crippen LogP contribution in [0.25, 0.3) is 0 Å². The summed E-state index contributed by atoms with van der Waals surface area (Å²) in [6.45, 7) is 17.5. The molecule has 0 aromatic rings. The molecular formula is C19H42O4P2. The lowest BCUT2D eigenvalue weighted by Crippen LogP contribution is -2.17. The third kappa shape index (κ3) is 15.5. The van der Waals surface area contributed by atoms with Crippen molar-refractivity contribution in [3.8, 4) is 0 Å². The minimum absolute atomic E-state index is 0.0119.